The fourth-order valence-corrected chi connectivity index (χ4v) is 1.56. The number of aromatic nitrogens is 3. The van der Waals surface area contributed by atoms with Crippen molar-refractivity contribution >= 4 is 17.7 Å². The van der Waals surface area contributed by atoms with Crippen LogP contribution >= 0.6 is 0 Å². The molecular weight excluding hydrogens is 279 g/mol. The van der Waals surface area contributed by atoms with Gasteiger partial charge in [0.2, 0.25) is 0 Å². The molecule has 1 amide bonds. The van der Waals surface area contributed by atoms with Crippen molar-refractivity contribution in [3.05, 3.63) is 41.8 Å². The largest absolute Gasteiger partial charge is 0.465 e. The van der Waals surface area contributed by atoms with Crippen LogP contribution in [0, 0.1) is 5.82 Å². The maximum atomic E-state index is 12.8. The topological polar surface area (TPSA) is 86.1 Å². The molecule has 0 bridgehead atoms. The van der Waals surface area contributed by atoms with E-state index in [2.05, 4.69) is 15.6 Å². The highest BCUT2D eigenvalue weighted by atomic mass is 19.1. The zero-order chi connectivity index (χ0) is 15.2. The first-order chi connectivity index (χ1) is 10.1. The van der Waals surface area contributed by atoms with Gasteiger partial charge in [0.1, 0.15) is 12.4 Å². The van der Waals surface area contributed by atoms with Gasteiger partial charge in [-0.25, -0.2) is 9.07 Å². The molecule has 1 heterocycles. The fourth-order valence-electron chi connectivity index (χ4n) is 1.56. The molecule has 2 aromatic rings. The van der Waals surface area contributed by atoms with Gasteiger partial charge in [0.05, 0.1) is 12.8 Å². The Labute approximate surface area is 119 Å². The molecule has 0 spiro atoms. The zero-order valence-electron chi connectivity index (χ0n) is 11.2. The van der Waals surface area contributed by atoms with Crippen LogP contribution in [-0.2, 0) is 16.1 Å². The van der Waals surface area contributed by atoms with Gasteiger partial charge in [0, 0.05) is 5.56 Å². The molecular formula is C13H13FN4O3. The van der Waals surface area contributed by atoms with Crippen molar-refractivity contribution in [1.82, 2.24) is 15.0 Å². The number of anilines is 1. The smallest absolute Gasteiger partial charge is 0.327 e. The average molecular weight is 292 g/mol. The van der Waals surface area contributed by atoms with E-state index in [1.165, 1.54) is 35.1 Å². The number of carbonyl (C=O) groups excluding carboxylic acids is 2. The van der Waals surface area contributed by atoms with Crippen LogP contribution in [0.5, 0.6) is 0 Å². The molecule has 7 nitrogen and oxygen atoms in total. The SMILES string of the molecule is CCOC(=O)Cn1cc(NC(=O)c2ccc(F)cc2)nn1. The number of rotatable bonds is 5. The highest BCUT2D eigenvalue weighted by Crippen LogP contribution is 2.07. The van der Waals surface area contributed by atoms with E-state index >= 15 is 0 Å². The van der Waals surface area contributed by atoms with E-state index < -0.39 is 17.7 Å². The number of hydrogen-bond acceptors (Lipinski definition) is 5. The van der Waals surface area contributed by atoms with Crippen molar-refractivity contribution in [2.24, 2.45) is 0 Å². The Morgan fingerprint density at radius 2 is 2.05 bits per heavy atom. The van der Waals surface area contributed by atoms with Crippen LogP contribution in [0.3, 0.4) is 0 Å². The summed E-state index contributed by atoms with van der Waals surface area (Å²) in [5, 5.41) is 9.90. The molecule has 21 heavy (non-hydrogen) atoms. The van der Waals surface area contributed by atoms with Gasteiger partial charge >= 0.3 is 5.97 Å². The zero-order valence-corrected chi connectivity index (χ0v) is 11.2. The lowest BCUT2D eigenvalue weighted by Gasteiger charge is -2.01. The van der Waals surface area contributed by atoms with Crippen LogP contribution in [0.1, 0.15) is 17.3 Å². The van der Waals surface area contributed by atoms with Crippen molar-refractivity contribution in [3.63, 3.8) is 0 Å². The normalized spacial score (nSPS) is 10.2. The van der Waals surface area contributed by atoms with Crippen LogP contribution in [0.4, 0.5) is 10.2 Å². The van der Waals surface area contributed by atoms with E-state index in [0.29, 0.717) is 0 Å². The van der Waals surface area contributed by atoms with Gasteiger partial charge in [0.25, 0.3) is 5.91 Å². The van der Waals surface area contributed by atoms with Gasteiger partial charge in [-0.05, 0) is 31.2 Å². The molecule has 0 unspecified atom stereocenters. The van der Waals surface area contributed by atoms with E-state index in [1.54, 1.807) is 6.92 Å². The summed E-state index contributed by atoms with van der Waals surface area (Å²) in [5.41, 5.74) is 0.288. The first-order valence-electron chi connectivity index (χ1n) is 6.21. The van der Waals surface area contributed by atoms with E-state index in [4.69, 9.17) is 4.74 Å². The Bertz CT molecular complexity index is 639. The summed E-state index contributed by atoms with van der Waals surface area (Å²) in [6.07, 6.45) is 1.40. The number of nitrogens with one attached hydrogen (secondary N) is 1. The molecule has 1 N–H and O–H groups in total. The second-order valence-corrected chi connectivity index (χ2v) is 4.07. The summed E-state index contributed by atoms with van der Waals surface area (Å²) in [6.45, 7) is 1.89. The molecule has 0 fully saturated rings. The number of esters is 1. The summed E-state index contributed by atoms with van der Waals surface area (Å²) in [6, 6.07) is 5.08. The predicted octanol–water partition coefficient (Wildman–Crippen LogP) is 1.23. The summed E-state index contributed by atoms with van der Waals surface area (Å²) in [4.78, 5) is 23.1. The molecule has 0 radical (unpaired) electrons. The Hall–Kier alpha value is -2.77. The second kappa shape index (κ2) is 6.60. The van der Waals surface area contributed by atoms with E-state index in [1.807, 2.05) is 0 Å². The Kier molecular flexibility index (Phi) is 4.60. The number of halogens is 1. The van der Waals surface area contributed by atoms with Crippen LogP contribution < -0.4 is 5.32 Å². The summed E-state index contributed by atoms with van der Waals surface area (Å²) >= 11 is 0. The van der Waals surface area contributed by atoms with Gasteiger partial charge < -0.3 is 10.1 Å². The lowest BCUT2D eigenvalue weighted by molar-refractivity contribution is -0.144. The van der Waals surface area contributed by atoms with Gasteiger partial charge in [-0.15, -0.1) is 5.10 Å². The lowest BCUT2D eigenvalue weighted by Crippen LogP contribution is -2.14. The first kappa shape index (κ1) is 14.6. The molecule has 0 aliphatic carbocycles. The predicted molar refractivity (Wildman–Crippen MR) is 71.0 cm³/mol. The third-order valence-electron chi connectivity index (χ3n) is 2.48. The van der Waals surface area contributed by atoms with Crippen molar-refractivity contribution < 1.29 is 18.7 Å². The number of hydrogen-bond donors (Lipinski definition) is 1. The third kappa shape index (κ3) is 4.10. The third-order valence-corrected chi connectivity index (χ3v) is 2.48. The maximum absolute atomic E-state index is 12.8. The minimum Gasteiger partial charge on any atom is -0.465 e. The minimum atomic E-state index is -0.446. The highest BCUT2D eigenvalue weighted by molar-refractivity contribution is 6.03. The highest BCUT2D eigenvalue weighted by Gasteiger charge is 2.10. The van der Waals surface area contributed by atoms with Crippen molar-refractivity contribution in [2.45, 2.75) is 13.5 Å². The number of amides is 1. The monoisotopic (exact) mass is 292 g/mol. The average Bonchev–Trinajstić information content (AvgIpc) is 2.86. The van der Waals surface area contributed by atoms with Gasteiger partial charge in [0.15, 0.2) is 5.82 Å². The molecule has 110 valence electrons. The van der Waals surface area contributed by atoms with Gasteiger partial charge in [-0.3, -0.25) is 9.59 Å². The quantitative estimate of drug-likeness (QED) is 0.838. The maximum Gasteiger partial charge on any atom is 0.327 e. The first-order valence-corrected chi connectivity index (χ1v) is 6.21. The van der Waals surface area contributed by atoms with Crippen molar-refractivity contribution in [3.8, 4) is 0 Å². The minimum absolute atomic E-state index is 0.0900. The Morgan fingerprint density at radius 1 is 1.33 bits per heavy atom. The van der Waals surface area contributed by atoms with E-state index in [-0.39, 0.29) is 24.5 Å². The molecule has 0 saturated carbocycles. The van der Waals surface area contributed by atoms with Crippen LogP contribution in [0.25, 0.3) is 0 Å². The van der Waals surface area contributed by atoms with Crippen molar-refractivity contribution in [1.29, 1.82) is 0 Å². The van der Waals surface area contributed by atoms with Crippen molar-refractivity contribution in [2.75, 3.05) is 11.9 Å². The van der Waals surface area contributed by atoms with Gasteiger partial charge in [-0.1, -0.05) is 5.21 Å². The number of nitrogens with zero attached hydrogens (tertiary/aromatic N) is 3. The summed E-state index contributed by atoms with van der Waals surface area (Å²) in [5.74, 6) is -1.13. The van der Waals surface area contributed by atoms with E-state index in [0.717, 1.165) is 0 Å². The number of benzene rings is 1. The Balaban J connectivity index is 1.97. The molecule has 1 aromatic carbocycles. The Morgan fingerprint density at radius 3 is 2.71 bits per heavy atom. The molecule has 0 atom stereocenters. The lowest BCUT2D eigenvalue weighted by atomic mass is 10.2. The molecule has 0 aliphatic rings. The number of carbonyl (C=O) groups is 2. The fraction of sp³-hybridized carbons (Fsp3) is 0.231. The van der Waals surface area contributed by atoms with E-state index in [9.17, 15) is 14.0 Å². The standard InChI is InChI=1S/C13H13FN4O3/c1-2-21-12(19)8-18-7-11(16-17-18)15-13(20)9-3-5-10(14)6-4-9/h3-7H,2,8H2,1H3,(H,15,20). The molecule has 0 aliphatic heterocycles. The molecule has 2 rings (SSSR count). The second-order valence-electron chi connectivity index (χ2n) is 4.07. The number of ether oxygens (including phenoxy) is 1. The van der Waals surface area contributed by atoms with Gasteiger partial charge in [-0.2, -0.15) is 0 Å². The summed E-state index contributed by atoms with van der Waals surface area (Å²) < 4.78 is 18.8. The molecule has 1 aromatic heterocycles. The molecule has 0 saturated heterocycles. The van der Waals surface area contributed by atoms with Crippen LogP contribution in [0.15, 0.2) is 30.5 Å². The molecule has 8 heteroatoms. The van der Waals surface area contributed by atoms with Crippen LogP contribution in [0.2, 0.25) is 0 Å². The summed E-state index contributed by atoms with van der Waals surface area (Å²) in [7, 11) is 0. The van der Waals surface area contributed by atoms with Crippen LogP contribution in [-0.4, -0.2) is 33.5 Å².